The minimum Gasteiger partial charge on any atom is -0.372 e. The molecule has 0 aromatic heterocycles. The Hall–Kier alpha value is -2.55. The Bertz CT molecular complexity index is 603. The van der Waals surface area contributed by atoms with Crippen LogP contribution < -0.4 is 15.5 Å². The van der Waals surface area contributed by atoms with Crippen LogP contribution in [0.1, 0.15) is 50.4 Å². The molecular weight excluding hydrogens is 328 g/mol. The third-order valence-electron chi connectivity index (χ3n) is 4.32. The molecular formula is C20H30N4O2. The lowest BCUT2D eigenvalue weighted by Gasteiger charge is -2.21. The number of amides is 2. The molecule has 0 saturated carbocycles. The van der Waals surface area contributed by atoms with Gasteiger partial charge in [-0.2, -0.15) is 5.26 Å². The third-order valence-corrected chi connectivity index (χ3v) is 4.32. The minimum atomic E-state index is -0.101. The molecule has 0 heterocycles. The number of carbonyl (C=O) groups excluding carboxylic acids is 2. The molecule has 26 heavy (non-hydrogen) atoms. The van der Waals surface area contributed by atoms with Crippen LogP contribution in [0.25, 0.3) is 0 Å². The van der Waals surface area contributed by atoms with Crippen molar-refractivity contribution in [2.24, 2.45) is 5.92 Å². The molecule has 1 aromatic carbocycles. The summed E-state index contributed by atoms with van der Waals surface area (Å²) in [5, 5.41) is 13.9. The number of carbonyl (C=O) groups is 2. The van der Waals surface area contributed by atoms with Gasteiger partial charge in [-0.05, 0) is 56.9 Å². The maximum Gasteiger partial charge on any atom is 0.251 e. The number of nitrogens with one attached hydrogen (secondary N) is 2. The summed E-state index contributed by atoms with van der Waals surface area (Å²) >= 11 is 0. The van der Waals surface area contributed by atoms with Crippen LogP contribution in [0.3, 0.4) is 0 Å². The van der Waals surface area contributed by atoms with E-state index in [1.165, 1.54) is 0 Å². The van der Waals surface area contributed by atoms with Gasteiger partial charge in [0.2, 0.25) is 5.91 Å². The summed E-state index contributed by atoms with van der Waals surface area (Å²) in [5.74, 6) is 0.0471. The van der Waals surface area contributed by atoms with Gasteiger partial charge in [-0.25, -0.2) is 0 Å². The van der Waals surface area contributed by atoms with E-state index >= 15 is 0 Å². The van der Waals surface area contributed by atoms with Crippen molar-refractivity contribution in [1.29, 1.82) is 5.26 Å². The lowest BCUT2D eigenvalue weighted by molar-refractivity contribution is -0.121. The molecule has 1 aromatic rings. The summed E-state index contributed by atoms with van der Waals surface area (Å²) in [5.41, 5.74) is 1.78. The highest BCUT2D eigenvalue weighted by molar-refractivity contribution is 5.94. The maximum atomic E-state index is 12.2. The zero-order valence-corrected chi connectivity index (χ0v) is 16.0. The number of hydrogen-bond donors (Lipinski definition) is 2. The van der Waals surface area contributed by atoms with Crippen molar-refractivity contribution in [3.05, 3.63) is 29.8 Å². The molecule has 6 nitrogen and oxygen atoms in total. The molecule has 2 amide bonds. The van der Waals surface area contributed by atoms with Crippen LogP contribution in [0.2, 0.25) is 0 Å². The Morgan fingerprint density at radius 3 is 2.38 bits per heavy atom. The zero-order chi connectivity index (χ0) is 19.4. The first kappa shape index (κ1) is 21.5. The number of rotatable bonds is 11. The predicted molar refractivity (Wildman–Crippen MR) is 104 cm³/mol. The second kappa shape index (κ2) is 11.9. The van der Waals surface area contributed by atoms with Crippen molar-refractivity contribution in [2.75, 3.05) is 31.1 Å². The highest BCUT2D eigenvalue weighted by Crippen LogP contribution is 2.15. The molecule has 0 aliphatic heterocycles. The fraction of sp³-hybridized carbons (Fsp3) is 0.550. The van der Waals surface area contributed by atoms with Gasteiger partial charge in [-0.1, -0.05) is 6.92 Å². The van der Waals surface area contributed by atoms with Gasteiger partial charge in [0.25, 0.3) is 5.91 Å². The molecule has 6 heteroatoms. The molecule has 0 radical (unpaired) electrons. The monoisotopic (exact) mass is 358 g/mol. The Morgan fingerprint density at radius 1 is 1.15 bits per heavy atom. The Kier molecular flexibility index (Phi) is 9.85. The summed E-state index contributed by atoms with van der Waals surface area (Å²) in [6.45, 7) is 8.73. The van der Waals surface area contributed by atoms with Gasteiger partial charge in [-0.15, -0.1) is 0 Å². The number of nitriles is 1. The zero-order valence-electron chi connectivity index (χ0n) is 16.0. The summed E-state index contributed by atoms with van der Waals surface area (Å²) < 4.78 is 0. The second-order valence-electron chi connectivity index (χ2n) is 6.36. The summed E-state index contributed by atoms with van der Waals surface area (Å²) in [6.07, 6.45) is 2.07. The van der Waals surface area contributed by atoms with E-state index in [-0.39, 0.29) is 24.3 Å². The number of benzene rings is 1. The van der Waals surface area contributed by atoms with Crippen LogP contribution in [0, 0.1) is 17.2 Å². The van der Waals surface area contributed by atoms with Crippen LogP contribution in [0.5, 0.6) is 0 Å². The summed E-state index contributed by atoms with van der Waals surface area (Å²) in [7, 11) is 0. The first-order valence-electron chi connectivity index (χ1n) is 9.28. The molecule has 0 fully saturated rings. The van der Waals surface area contributed by atoms with Crippen molar-refractivity contribution < 1.29 is 9.59 Å². The third kappa shape index (κ3) is 7.56. The van der Waals surface area contributed by atoms with E-state index in [1.807, 2.05) is 37.3 Å². The highest BCUT2D eigenvalue weighted by Gasteiger charge is 2.10. The van der Waals surface area contributed by atoms with Crippen LogP contribution in [-0.4, -0.2) is 38.0 Å². The van der Waals surface area contributed by atoms with Crippen molar-refractivity contribution in [2.45, 2.75) is 40.0 Å². The number of hydrogen-bond acceptors (Lipinski definition) is 4. The molecule has 0 bridgehead atoms. The van der Waals surface area contributed by atoms with Gasteiger partial charge in [-0.3, -0.25) is 9.59 Å². The Labute approximate surface area is 156 Å². The van der Waals surface area contributed by atoms with Crippen LogP contribution in [0.15, 0.2) is 24.3 Å². The van der Waals surface area contributed by atoms with E-state index < -0.39 is 0 Å². The van der Waals surface area contributed by atoms with Gasteiger partial charge < -0.3 is 15.5 Å². The van der Waals surface area contributed by atoms with Gasteiger partial charge >= 0.3 is 0 Å². The SMILES string of the molecule is CCN(CC)c1ccc(C(=O)NCCCC(C)CC(=O)NCC#N)cc1. The average Bonchev–Trinajstić information content (AvgIpc) is 2.65. The maximum absolute atomic E-state index is 12.2. The number of anilines is 1. The Balaban J connectivity index is 2.32. The van der Waals surface area contributed by atoms with Gasteiger partial charge in [0.15, 0.2) is 0 Å². The van der Waals surface area contributed by atoms with Gasteiger partial charge in [0.05, 0.1) is 6.07 Å². The van der Waals surface area contributed by atoms with Gasteiger partial charge in [0.1, 0.15) is 6.54 Å². The predicted octanol–water partition coefficient (Wildman–Crippen LogP) is 2.71. The first-order valence-corrected chi connectivity index (χ1v) is 9.28. The van der Waals surface area contributed by atoms with Crippen LogP contribution in [0.4, 0.5) is 5.69 Å². The molecule has 1 rings (SSSR count). The summed E-state index contributed by atoms with van der Waals surface area (Å²) in [6, 6.07) is 9.54. The molecule has 142 valence electrons. The number of nitrogens with zero attached hydrogens (tertiary/aromatic N) is 2. The fourth-order valence-electron chi connectivity index (χ4n) is 2.80. The van der Waals surface area contributed by atoms with E-state index in [2.05, 4.69) is 29.4 Å². The Morgan fingerprint density at radius 2 is 1.81 bits per heavy atom. The topological polar surface area (TPSA) is 85.2 Å². The van der Waals surface area contributed by atoms with E-state index in [9.17, 15) is 9.59 Å². The lowest BCUT2D eigenvalue weighted by Crippen LogP contribution is -2.27. The fourth-order valence-corrected chi connectivity index (χ4v) is 2.80. The van der Waals surface area contributed by atoms with E-state index in [1.54, 1.807) is 0 Å². The highest BCUT2D eigenvalue weighted by atomic mass is 16.2. The standard InChI is InChI=1S/C20H30N4O2/c1-4-24(5-2)18-10-8-17(9-11-18)20(26)23-13-6-7-16(3)15-19(25)22-14-12-21/h8-11,16H,4-7,13-15H2,1-3H3,(H,22,25)(H,23,26). The molecule has 0 aliphatic rings. The smallest absolute Gasteiger partial charge is 0.251 e. The molecule has 0 saturated heterocycles. The van der Waals surface area contributed by atoms with E-state index in [4.69, 9.17) is 5.26 Å². The van der Waals surface area contributed by atoms with E-state index in [0.717, 1.165) is 31.6 Å². The first-order chi connectivity index (χ1) is 12.5. The van der Waals surface area contributed by atoms with Gasteiger partial charge in [0, 0.05) is 37.3 Å². The molecule has 0 spiro atoms. The largest absolute Gasteiger partial charge is 0.372 e. The van der Waals surface area contributed by atoms with Crippen LogP contribution >= 0.6 is 0 Å². The van der Waals surface area contributed by atoms with Crippen molar-refractivity contribution in [3.8, 4) is 6.07 Å². The van der Waals surface area contributed by atoms with Crippen molar-refractivity contribution >= 4 is 17.5 Å². The molecule has 1 unspecified atom stereocenters. The quantitative estimate of drug-likeness (QED) is 0.470. The van der Waals surface area contributed by atoms with Crippen molar-refractivity contribution in [1.82, 2.24) is 10.6 Å². The lowest BCUT2D eigenvalue weighted by atomic mass is 10.0. The normalized spacial score (nSPS) is 11.3. The molecule has 0 aliphatic carbocycles. The minimum absolute atomic E-state index is 0.0503. The molecule has 2 N–H and O–H groups in total. The molecule has 1 atom stereocenters. The van der Waals surface area contributed by atoms with Crippen LogP contribution in [-0.2, 0) is 4.79 Å². The summed E-state index contributed by atoms with van der Waals surface area (Å²) in [4.78, 5) is 25.9. The second-order valence-corrected chi connectivity index (χ2v) is 6.36. The average molecular weight is 358 g/mol. The van der Waals surface area contributed by atoms with E-state index in [0.29, 0.717) is 18.5 Å². The van der Waals surface area contributed by atoms with Crippen molar-refractivity contribution in [3.63, 3.8) is 0 Å².